The quantitative estimate of drug-likeness (QED) is 0.170. The summed E-state index contributed by atoms with van der Waals surface area (Å²) in [5.41, 5.74) is 4.53. The summed E-state index contributed by atoms with van der Waals surface area (Å²) in [6.45, 7) is 9.60. The molecule has 0 spiro atoms. The van der Waals surface area contributed by atoms with Crippen LogP contribution < -0.4 is 9.62 Å². The van der Waals surface area contributed by atoms with Crippen LogP contribution in [0.25, 0.3) is 0 Å². The van der Waals surface area contributed by atoms with Gasteiger partial charge in [-0.25, -0.2) is 8.42 Å². The van der Waals surface area contributed by atoms with Crippen molar-refractivity contribution >= 4 is 39.1 Å². The van der Waals surface area contributed by atoms with Crippen molar-refractivity contribution in [3.8, 4) is 0 Å². The number of nitrogens with zero attached hydrogens (tertiary/aromatic N) is 2. The van der Waals surface area contributed by atoms with Crippen LogP contribution in [-0.2, 0) is 32.6 Å². The minimum absolute atomic E-state index is 0.0528. The first kappa shape index (κ1) is 34.7. The molecule has 0 unspecified atom stereocenters. The Morgan fingerprint density at radius 2 is 1.48 bits per heavy atom. The van der Waals surface area contributed by atoms with Crippen molar-refractivity contribution in [3.63, 3.8) is 0 Å². The normalized spacial score (nSPS) is 12.1. The molecular formula is C37H42ClN3O4S. The number of aryl methyl sites for hydroxylation is 2. The Kier molecular flexibility index (Phi) is 11.7. The number of rotatable bonds is 13. The first-order valence-corrected chi connectivity index (χ1v) is 17.2. The summed E-state index contributed by atoms with van der Waals surface area (Å²) in [6.07, 6.45) is 0.241. The van der Waals surface area contributed by atoms with Crippen molar-refractivity contribution in [2.45, 2.75) is 58.5 Å². The van der Waals surface area contributed by atoms with E-state index in [0.29, 0.717) is 17.3 Å². The number of sulfonamides is 1. The van der Waals surface area contributed by atoms with Crippen molar-refractivity contribution in [1.29, 1.82) is 0 Å². The Hall–Kier alpha value is -4.14. The molecule has 1 atom stereocenters. The van der Waals surface area contributed by atoms with Crippen molar-refractivity contribution in [2.24, 2.45) is 5.92 Å². The molecule has 0 heterocycles. The number of anilines is 1. The molecule has 0 aliphatic rings. The van der Waals surface area contributed by atoms with Crippen LogP contribution in [0.3, 0.4) is 0 Å². The van der Waals surface area contributed by atoms with Crippen LogP contribution in [0.15, 0.2) is 102 Å². The lowest BCUT2D eigenvalue weighted by atomic mass is 10.0. The van der Waals surface area contributed by atoms with Crippen LogP contribution in [0.1, 0.15) is 41.7 Å². The second kappa shape index (κ2) is 15.4. The number of halogens is 1. The Morgan fingerprint density at radius 1 is 0.826 bits per heavy atom. The van der Waals surface area contributed by atoms with Crippen LogP contribution >= 0.6 is 11.6 Å². The lowest BCUT2D eigenvalue weighted by molar-refractivity contribution is -0.140. The van der Waals surface area contributed by atoms with Crippen LogP contribution in [0, 0.1) is 26.7 Å². The number of nitrogens with one attached hydrogen (secondary N) is 1. The fourth-order valence-electron chi connectivity index (χ4n) is 5.17. The summed E-state index contributed by atoms with van der Waals surface area (Å²) in [5, 5.41) is 3.50. The standard InChI is InChI=1S/C37H42ClN3O4S/c1-26(2)23-39-37(43)35(22-30-12-7-6-8-13-30)40(24-31-14-10-15-32(38)21-31)36(42)25-41(34-16-9-11-28(4)29(34)5)46(44,45)33-19-17-27(3)18-20-33/h6-21,26,35H,22-25H2,1-5H3,(H,39,43)/t35-/m1/s1. The van der Waals surface area contributed by atoms with Gasteiger partial charge in [0.05, 0.1) is 10.6 Å². The zero-order valence-electron chi connectivity index (χ0n) is 27.0. The molecule has 0 saturated carbocycles. The molecule has 46 heavy (non-hydrogen) atoms. The van der Waals surface area contributed by atoms with Crippen molar-refractivity contribution in [2.75, 3.05) is 17.4 Å². The van der Waals surface area contributed by atoms with Gasteiger partial charge in [-0.05, 0) is 79.3 Å². The van der Waals surface area contributed by atoms with E-state index < -0.39 is 28.5 Å². The molecule has 4 aromatic carbocycles. The van der Waals surface area contributed by atoms with Gasteiger partial charge in [0, 0.05) is 24.5 Å². The molecule has 0 saturated heterocycles. The maximum Gasteiger partial charge on any atom is 0.264 e. The summed E-state index contributed by atoms with van der Waals surface area (Å²) in [6, 6.07) is 27.6. The van der Waals surface area contributed by atoms with E-state index in [1.807, 2.05) is 77.1 Å². The topological polar surface area (TPSA) is 86.8 Å². The molecule has 0 radical (unpaired) electrons. The van der Waals surface area contributed by atoms with Gasteiger partial charge in [-0.2, -0.15) is 0 Å². The highest BCUT2D eigenvalue weighted by atomic mass is 35.5. The Morgan fingerprint density at radius 3 is 2.13 bits per heavy atom. The lowest BCUT2D eigenvalue weighted by Crippen LogP contribution is -2.53. The highest BCUT2D eigenvalue weighted by Crippen LogP contribution is 2.29. The van der Waals surface area contributed by atoms with E-state index in [0.717, 1.165) is 27.8 Å². The number of hydrogen-bond donors (Lipinski definition) is 1. The summed E-state index contributed by atoms with van der Waals surface area (Å²) in [4.78, 5) is 30.1. The van der Waals surface area contributed by atoms with E-state index in [4.69, 9.17) is 11.6 Å². The Balaban J connectivity index is 1.83. The van der Waals surface area contributed by atoms with Gasteiger partial charge in [-0.3, -0.25) is 13.9 Å². The molecule has 0 aliphatic heterocycles. The fourth-order valence-corrected chi connectivity index (χ4v) is 6.85. The maximum absolute atomic E-state index is 14.6. The van der Waals surface area contributed by atoms with E-state index in [9.17, 15) is 18.0 Å². The van der Waals surface area contributed by atoms with E-state index in [-0.39, 0.29) is 29.7 Å². The van der Waals surface area contributed by atoms with Crippen LogP contribution in [-0.4, -0.2) is 44.3 Å². The molecule has 9 heteroatoms. The average molecular weight is 660 g/mol. The zero-order valence-corrected chi connectivity index (χ0v) is 28.6. The van der Waals surface area contributed by atoms with Crippen molar-refractivity contribution in [1.82, 2.24) is 10.2 Å². The fraction of sp³-hybridized carbons (Fsp3) is 0.297. The van der Waals surface area contributed by atoms with E-state index in [1.165, 1.54) is 9.21 Å². The summed E-state index contributed by atoms with van der Waals surface area (Å²) < 4.78 is 29.8. The third kappa shape index (κ3) is 8.77. The highest BCUT2D eigenvalue weighted by molar-refractivity contribution is 7.92. The number of carbonyl (C=O) groups excluding carboxylic acids is 2. The molecule has 4 rings (SSSR count). The Labute approximate surface area is 278 Å². The van der Waals surface area contributed by atoms with Gasteiger partial charge in [0.25, 0.3) is 10.0 Å². The molecule has 0 aromatic heterocycles. The number of carbonyl (C=O) groups is 2. The van der Waals surface area contributed by atoms with Gasteiger partial charge in [0.1, 0.15) is 12.6 Å². The zero-order chi connectivity index (χ0) is 33.4. The third-order valence-electron chi connectivity index (χ3n) is 7.93. The highest BCUT2D eigenvalue weighted by Gasteiger charge is 2.35. The number of hydrogen-bond acceptors (Lipinski definition) is 4. The number of benzene rings is 4. The minimum atomic E-state index is -4.18. The monoisotopic (exact) mass is 659 g/mol. The van der Waals surface area contributed by atoms with Gasteiger partial charge in [-0.15, -0.1) is 0 Å². The lowest BCUT2D eigenvalue weighted by Gasteiger charge is -2.34. The molecule has 0 aliphatic carbocycles. The third-order valence-corrected chi connectivity index (χ3v) is 9.94. The van der Waals surface area contributed by atoms with E-state index in [2.05, 4.69) is 5.32 Å². The maximum atomic E-state index is 14.6. The minimum Gasteiger partial charge on any atom is -0.354 e. The van der Waals surface area contributed by atoms with Gasteiger partial charge in [-0.1, -0.05) is 97.7 Å². The largest absolute Gasteiger partial charge is 0.354 e. The Bertz CT molecular complexity index is 1760. The first-order chi connectivity index (χ1) is 21.9. The smallest absolute Gasteiger partial charge is 0.264 e. The summed E-state index contributed by atoms with van der Waals surface area (Å²) in [7, 11) is -4.18. The van der Waals surface area contributed by atoms with Crippen LogP contribution in [0.4, 0.5) is 5.69 Å². The van der Waals surface area contributed by atoms with Crippen molar-refractivity contribution in [3.05, 3.63) is 130 Å². The molecule has 7 nitrogen and oxygen atoms in total. The molecule has 242 valence electrons. The first-order valence-electron chi connectivity index (χ1n) is 15.4. The second-order valence-corrected chi connectivity index (χ2v) is 14.3. The summed E-state index contributed by atoms with van der Waals surface area (Å²) >= 11 is 6.33. The number of amides is 2. The van der Waals surface area contributed by atoms with Gasteiger partial charge >= 0.3 is 0 Å². The molecule has 2 amide bonds. The predicted octanol–water partition coefficient (Wildman–Crippen LogP) is 6.87. The van der Waals surface area contributed by atoms with Gasteiger partial charge < -0.3 is 10.2 Å². The van der Waals surface area contributed by atoms with Crippen LogP contribution in [0.5, 0.6) is 0 Å². The molecule has 0 bridgehead atoms. The predicted molar refractivity (Wildman–Crippen MR) is 185 cm³/mol. The SMILES string of the molecule is Cc1ccc(S(=O)(=O)N(CC(=O)N(Cc2cccc(Cl)c2)[C@H](Cc2ccccc2)C(=O)NCC(C)C)c2cccc(C)c2C)cc1. The summed E-state index contributed by atoms with van der Waals surface area (Å²) in [5.74, 6) is -0.636. The van der Waals surface area contributed by atoms with Gasteiger partial charge in [0.2, 0.25) is 11.8 Å². The molecule has 4 aromatic rings. The average Bonchev–Trinajstić information content (AvgIpc) is 3.02. The second-order valence-electron chi connectivity index (χ2n) is 12.0. The molecule has 1 N–H and O–H groups in total. The van der Waals surface area contributed by atoms with Gasteiger partial charge in [0.15, 0.2) is 0 Å². The van der Waals surface area contributed by atoms with E-state index in [1.54, 1.807) is 54.6 Å². The van der Waals surface area contributed by atoms with Crippen molar-refractivity contribution < 1.29 is 18.0 Å². The molecule has 0 fully saturated rings. The van der Waals surface area contributed by atoms with E-state index >= 15 is 0 Å². The van der Waals surface area contributed by atoms with Crippen LogP contribution in [0.2, 0.25) is 5.02 Å². The molecular weight excluding hydrogens is 618 g/mol.